The summed E-state index contributed by atoms with van der Waals surface area (Å²) in [6.45, 7) is 3.85. The lowest BCUT2D eigenvalue weighted by Crippen LogP contribution is -2.48. The van der Waals surface area contributed by atoms with E-state index in [4.69, 9.17) is 4.74 Å². The summed E-state index contributed by atoms with van der Waals surface area (Å²) in [7, 11) is 0. The van der Waals surface area contributed by atoms with Gasteiger partial charge < -0.3 is 9.64 Å². The molecule has 0 spiro atoms. The van der Waals surface area contributed by atoms with Gasteiger partial charge in [-0.2, -0.15) is 0 Å². The first-order valence-corrected chi connectivity index (χ1v) is 7.45. The fraction of sp³-hybridized carbons (Fsp3) is 0.500. The van der Waals surface area contributed by atoms with Crippen LogP contribution < -0.4 is 9.64 Å². The van der Waals surface area contributed by atoms with E-state index >= 15 is 0 Å². The topological polar surface area (TPSA) is 49.9 Å². The SMILES string of the molecule is CC1CCCN(C(=O)CN2C(=O)COc3ccccc32)C1. The molecule has 1 aromatic rings. The minimum atomic E-state index is -0.160. The largest absolute Gasteiger partial charge is 0.482 e. The van der Waals surface area contributed by atoms with Crippen LogP contribution in [0.5, 0.6) is 5.75 Å². The van der Waals surface area contributed by atoms with Gasteiger partial charge in [0.25, 0.3) is 5.91 Å². The van der Waals surface area contributed by atoms with Gasteiger partial charge in [0.2, 0.25) is 5.91 Å². The fourth-order valence-corrected chi connectivity index (χ4v) is 2.98. The van der Waals surface area contributed by atoms with E-state index in [0.717, 1.165) is 19.5 Å². The normalized spacial score (nSPS) is 21.8. The Morgan fingerprint density at radius 3 is 3.00 bits per heavy atom. The van der Waals surface area contributed by atoms with Crippen LogP contribution in [0.3, 0.4) is 0 Å². The van der Waals surface area contributed by atoms with Crippen molar-refractivity contribution in [3.8, 4) is 5.75 Å². The maximum absolute atomic E-state index is 12.5. The summed E-state index contributed by atoms with van der Waals surface area (Å²) in [5.41, 5.74) is 0.687. The van der Waals surface area contributed by atoms with E-state index in [0.29, 0.717) is 17.4 Å². The number of fused-ring (bicyclic) bond motifs is 1. The highest BCUT2D eigenvalue weighted by Crippen LogP contribution is 2.31. The van der Waals surface area contributed by atoms with Crippen LogP contribution in [0.25, 0.3) is 0 Å². The number of carbonyl (C=O) groups excluding carboxylic acids is 2. The van der Waals surface area contributed by atoms with Gasteiger partial charge in [-0.15, -0.1) is 0 Å². The Morgan fingerprint density at radius 2 is 2.19 bits per heavy atom. The standard InChI is InChI=1S/C16H20N2O3/c1-12-5-4-8-17(9-12)15(19)10-18-13-6-2-3-7-14(13)21-11-16(18)20/h2-3,6-7,12H,4-5,8-11H2,1H3. The van der Waals surface area contributed by atoms with E-state index in [1.54, 1.807) is 4.90 Å². The summed E-state index contributed by atoms with van der Waals surface area (Å²) >= 11 is 0. The molecule has 5 nitrogen and oxygen atoms in total. The number of hydrogen-bond donors (Lipinski definition) is 0. The van der Waals surface area contributed by atoms with Crippen molar-refractivity contribution in [1.82, 2.24) is 4.90 Å². The summed E-state index contributed by atoms with van der Waals surface area (Å²) in [4.78, 5) is 27.9. The lowest BCUT2D eigenvalue weighted by Gasteiger charge is -2.34. The van der Waals surface area contributed by atoms with Gasteiger partial charge in [-0.3, -0.25) is 14.5 Å². The zero-order valence-electron chi connectivity index (χ0n) is 12.2. The van der Waals surface area contributed by atoms with Crippen molar-refractivity contribution >= 4 is 17.5 Å². The first-order chi connectivity index (χ1) is 10.1. The van der Waals surface area contributed by atoms with Gasteiger partial charge in [0.15, 0.2) is 6.61 Å². The predicted molar refractivity (Wildman–Crippen MR) is 79.3 cm³/mol. The molecule has 1 atom stereocenters. The van der Waals surface area contributed by atoms with E-state index < -0.39 is 0 Å². The van der Waals surface area contributed by atoms with Gasteiger partial charge >= 0.3 is 0 Å². The molecule has 0 saturated carbocycles. The molecule has 21 heavy (non-hydrogen) atoms. The van der Waals surface area contributed by atoms with Gasteiger partial charge in [-0.05, 0) is 30.9 Å². The lowest BCUT2D eigenvalue weighted by atomic mass is 10.0. The first-order valence-electron chi connectivity index (χ1n) is 7.45. The van der Waals surface area contributed by atoms with Gasteiger partial charge in [0, 0.05) is 13.1 Å². The molecule has 2 heterocycles. The van der Waals surface area contributed by atoms with E-state index in [1.165, 1.54) is 6.42 Å². The molecule has 0 aromatic heterocycles. The van der Waals surface area contributed by atoms with Crippen molar-refractivity contribution in [3.63, 3.8) is 0 Å². The van der Waals surface area contributed by atoms with E-state index in [1.807, 2.05) is 29.2 Å². The molecule has 0 aliphatic carbocycles. The average Bonchev–Trinajstić information content (AvgIpc) is 2.50. The number of ether oxygens (including phenoxy) is 1. The molecule has 2 amide bonds. The zero-order valence-corrected chi connectivity index (χ0v) is 12.2. The fourth-order valence-electron chi connectivity index (χ4n) is 2.98. The molecule has 0 radical (unpaired) electrons. The molecule has 112 valence electrons. The third-order valence-electron chi connectivity index (χ3n) is 4.11. The van der Waals surface area contributed by atoms with Crippen molar-refractivity contribution in [3.05, 3.63) is 24.3 Å². The smallest absolute Gasteiger partial charge is 0.265 e. The molecule has 1 aromatic carbocycles. The molecule has 0 bridgehead atoms. The molecule has 2 aliphatic rings. The Labute approximate surface area is 124 Å². The van der Waals surface area contributed by atoms with Gasteiger partial charge in [0.1, 0.15) is 12.3 Å². The molecule has 0 N–H and O–H groups in total. The number of nitrogens with zero attached hydrogens (tertiary/aromatic N) is 2. The number of likely N-dealkylation sites (tertiary alicyclic amines) is 1. The number of hydrogen-bond acceptors (Lipinski definition) is 3. The van der Waals surface area contributed by atoms with Crippen molar-refractivity contribution in [2.75, 3.05) is 31.1 Å². The van der Waals surface area contributed by atoms with Crippen molar-refractivity contribution in [1.29, 1.82) is 0 Å². The van der Waals surface area contributed by atoms with Crippen molar-refractivity contribution in [2.24, 2.45) is 5.92 Å². The van der Waals surface area contributed by atoms with E-state index in [-0.39, 0.29) is 25.0 Å². The number of anilines is 1. The van der Waals surface area contributed by atoms with Crippen LogP contribution in [0, 0.1) is 5.92 Å². The van der Waals surface area contributed by atoms with Gasteiger partial charge in [-0.25, -0.2) is 0 Å². The Morgan fingerprint density at radius 1 is 1.38 bits per heavy atom. The van der Waals surface area contributed by atoms with Crippen LogP contribution >= 0.6 is 0 Å². The molecular weight excluding hydrogens is 268 g/mol. The highest BCUT2D eigenvalue weighted by Gasteiger charge is 2.29. The Balaban J connectivity index is 1.74. The minimum Gasteiger partial charge on any atom is -0.482 e. The van der Waals surface area contributed by atoms with E-state index in [9.17, 15) is 9.59 Å². The second-order valence-corrected chi connectivity index (χ2v) is 5.82. The van der Waals surface area contributed by atoms with Gasteiger partial charge in [0.05, 0.1) is 5.69 Å². The van der Waals surface area contributed by atoms with Crippen LogP contribution in [0.4, 0.5) is 5.69 Å². The number of rotatable bonds is 2. The van der Waals surface area contributed by atoms with Crippen molar-refractivity contribution < 1.29 is 14.3 Å². The third kappa shape index (κ3) is 2.86. The van der Waals surface area contributed by atoms with Crippen LogP contribution in [0.2, 0.25) is 0 Å². The third-order valence-corrected chi connectivity index (χ3v) is 4.11. The second-order valence-electron chi connectivity index (χ2n) is 5.82. The van der Waals surface area contributed by atoms with Crippen molar-refractivity contribution in [2.45, 2.75) is 19.8 Å². The highest BCUT2D eigenvalue weighted by atomic mass is 16.5. The van der Waals surface area contributed by atoms with Crippen LogP contribution in [0.1, 0.15) is 19.8 Å². The predicted octanol–water partition coefficient (Wildman–Crippen LogP) is 1.67. The number of benzene rings is 1. The number of para-hydroxylation sites is 2. The second kappa shape index (κ2) is 5.76. The molecular formula is C16H20N2O3. The Hall–Kier alpha value is -2.04. The maximum atomic E-state index is 12.5. The maximum Gasteiger partial charge on any atom is 0.265 e. The zero-order chi connectivity index (χ0) is 14.8. The number of carbonyl (C=O) groups is 2. The monoisotopic (exact) mass is 288 g/mol. The number of piperidine rings is 1. The quantitative estimate of drug-likeness (QED) is 0.832. The summed E-state index contributed by atoms with van der Waals surface area (Å²) in [5.74, 6) is 1.06. The summed E-state index contributed by atoms with van der Waals surface area (Å²) < 4.78 is 5.39. The summed E-state index contributed by atoms with van der Waals surface area (Å²) in [6.07, 6.45) is 2.21. The van der Waals surface area contributed by atoms with Gasteiger partial charge in [-0.1, -0.05) is 19.1 Å². The van der Waals surface area contributed by atoms with Crippen LogP contribution in [0.15, 0.2) is 24.3 Å². The molecule has 2 aliphatic heterocycles. The molecule has 1 unspecified atom stereocenters. The molecule has 3 rings (SSSR count). The number of amides is 2. The van der Waals surface area contributed by atoms with Crippen LogP contribution in [-0.2, 0) is 9.59 Å². The average molecular weight is 288 g/mol. The molecule has 1 saturated heterocycles. The first kappa shape index (κ1) is 13.9. The Kier molecular flexibility index (Phi) is 3.82. The van der Waals surface area contributed by atoms with E-state index in [2.05, 4.69) is 6.92 Å². The van der Waals surface area contributed by atoms with Crippen LogP contribution in [-0.4, -0.2) is 43.0 Å². The summed E-state index contributed by atoms with van der Waals surface area (Å²) in [5, 5.41) is 0. The molecule has 1 fully saturated rings. The summed E-state index contributed by atoms with van der Waals surface area (Å²) in [6, 6.07) is 7.35. The minimum absolute atomic E-state index is 0.000691. The lowest BCUT2D eigenvalue weighted by molar-refractivity contribution is -0.133. The highest BCUT2D eigenvalue weighted by molar-refractivity contribution is 6.02. The Bertz CT molecular complexity index is 558. The molecule has 5 heteroatoms.